The van der Waals surface area contributed by atoms with Gasteiger partial charge < -0.3 is 14.5 Å². The zero-order valence-corrected chi connectivity index (χ0v) is 15.7. The monoisotopic (exact) mass is 368 g/mol. The van der Waals surface area contributed by atoms with E-state index in [0.29, 0.717) is 6.04 Å². The van der Waals surface area contributed by atoms with E-state index < -0.39 is 11.9 Å². The number of para-hydroxylation sites is 1. The molecule has 0 saturated carbocycles. The van der Waals surface area contributed by atoms with Gasteiger partial charge in [-0.05, 0) is 37.0 Å². The second kappa shape index (κ2) is 7.19. The van der Waals surface area contributed by atoms with Gasteiger partial charge >= 0.3 is 11.9 Å². The van der Waals surface area contributed by atoms with E-state index in [1.165, 1.54) is 29.3 Å². The fourth-order valence-electron chi connectivity index (χ4n) is 4.19. The molecule has 0 spiro atoms. The Morgan fingerprint density at radius 2 is 2.11 bits per heavy atom. The molecule has 142 valence electrons. The first kappa shape index (κ1) is 17.8. The Morgan fingerprint density at radius 1 is 1.30 bits per heavy atom. The second-order valence-corrected chi connectivity index (χ2v) is 7.20. The molecule has 3 heterocycles. The summed E-state index contributed by atoms with van der Waals surface area (Å²) in [5, 5.41) is 1.33. The van der Waals surface area contributed by atoms with E-state index in [1.54, 1.807) is 0 Å². The predicted octanol–water partition coefficient (Wildman–Crippen LogP) is 2.89. The maximum Gasteiger partial charge on any atom is 0.317 e. The van der Waals surface area contributed by atoms with Crippen LogP contribution in [-0.2, 0) is 25.5 Å². The van der Waals surface area contributed by atoms with Gasteiger partial charge in [0, 0.05) is 29.7 Å². The molecule has 2 aliphatic heterocycles. The highest BCUT2D eigenvalue weighted by Gasteiger charge is 2.33. The highest BCUT2D eigenvalue weighted by Crippen LogP contribution is 2.39. The van der Waals surface area contributed by atoms with E-state index in [0.717, 1.165) is 31.5 Å². The molecule has 0 bridgehead atoms. The summed E-state index contributed by atoms with van der Waals surface area (Å²) in [6.07, 6.45) is 3.39. The predicted molar refractivity (Wildman–Crippen MR) is 101 cm³/mol. The Labute approximate surface area is 158 Å². The van der Waals surface area contributed by atoms with Crippen molar-refractivity contribution in [3.05, 3.63) is 47.2 Å². The molecule has 0 saturated heterocycles. The lowest BCUT2D eigenvalue weighted by Gasteiger charge is -2.39. The molecule has 6 nitrogen and oxygen atoms in total. The standard InChI is InChI=1S/C21H24N2O4/c1-13(27-20(25)11-19(24)26-2)14-7-8-18-21-16(9-10-23(18)12-14)15-5-3-4-6-17(15)22-21/h3-7,13,18,22H,8-12H2,1-2H3/t13-,18+/m1/s1. The number of ether oxygens (including phenoxy) is 2. The minimum atomic E-state index is -0.577. The molecule has 2 aliphatic rings. The number of esters is 2. The van der Waals surface area contributed by atoms with Crippen molar-refractivity contribution in [2.24, 2.45) is 0 Å². The number of rotatable bonds is 4. The Kier molecular flexibility index (Phi) is 4.74. The number of carbonyl (C=O) groups excluding carboxylic acids is 2. The SMILES string of the molecule is COC(=O)CC(=O)O[C@H](C)C1=CC[C@H]2c3[nH]c4ccccc4c3CCN2C1. The average molecular weight is 368 g/mol. The van der Waals surface area contributed by atoms with E-state index in [-0.39, 0.29) is 12.5 Å². The van der Waals surface area contributed by atoms with Gasteiger partial charge in [0.05, 0.1) is 13.2 Å². The molecule has 0 radical (unpaired) electrons. The van der Waals surface area contributed by atoms with Gasteiger partial charge in [-0.25, -0.2) is 0 Å². The number of hydrogen-bond acceptors (Lipinski definition) is 5. The van der Waals surface area contributed by atoms with Crippen molar-refractivity contribution in [2.45, 2.75) is 38.3 Å². The third-order valence-corrected chi connectivity index (χ3v) is 5.61. The van der Waals surface area contributed by atoms with Crippen molar-refractivity contribution in [3.8, 4) is 0 Å². The van der Waals surface area contributed by atoms with Gasteiger partial charge in [0.1, 0.15) is 12.5 Å². The molecule has 27 heavy (non-hydrogen) atoms. The van der Waals surface area contributed by atoms with E-state index in [2.05, 4.69) is 45.0 Å². The van der Waals surface area contributed by atoms with Crippen LogP contribution in [0, 0.1) is 0 Å². The fraction of sp³-hybridized carbons (Fsp3) is 0.429. The van der Waals surface area contributed by atoms with Crippen molar-refractivity contribution in [1.29, 1.82) is 0 Å². The number of hydrogen-bond donors (Lipinski definition) is 1. The molecular weight excluding hydrogens is 344 g/mol. The summed E-state index contributed by atoms with van der Waals surface area (Å²) in [5.41, 5.74) is 5.03. The smallest absolute Gasteiger partial charge is 0.317 e. The van der Waals surface area contributed by atoms with Crippen LogP contribution in [0.25, 0.3) is 10.9 Å². The summed E-state index contributed by atoms with van der Waals surface area (Å²) in [5.74, 6) is -1.12. The molecule has 4 rings (SSSR count). The number of carbonyl (C=O) groups is 2. The quantitative estimate of drug-likeness (QED) is 0.510. The number of fused-ring (bicyclic) bond motifs is 5. The molecule has 1 aromatic heterocycles. The Bertz CT molecular complexity index is 914. The van der Waals surface area contributed by atoms with Crippen LogP contribution < -0.4 is 0 Å². The minimum Gasteiger partial charge on any atom is -0.469 e. The van der Waals surface area contributed by atoms with E-state index in [1.807, 2.05) is 6.92 Å². The Hall–Kier alpha value is -2.60. The second-order valence-electron chi connectivity index (χ2n) is 7.20. The Morgan fingerprint density at radius 3 is 2.93 bits per heavy atom. The summed E-state index contributed by atoms with van der Waals surface area (Å²) >= 11 is 0. The van der Waals surface area contributed by atoms with Gasteiger partial charge in [-0.2, -0.15) is 0 Å². The van der Waals surface area contributed by atoms with Crippen LogP contribution in [0.4, 0.5) is 0 Å². The normalized spacial score (nSPS) is 20.4. The summed E-state index contributed by atoms with van der Waals surface area (Å²) in [6.45, 7) is 3.62. The topological polar surface area (TPSA) is 71.6 Å². The first-order chi connectivity index (χ1) is 13.1. The molecule has 6 heteroatoms. The summed E-state index contributed by atoms with van der Waals surface area (Å²) in [4.78, 5) is 29.1. The molecule has 1 N–H and O–H groups in total. The highest BCUT2D eigenvalue weighted by atomic mass is 16.6. The summed E-state index contributed by atoms with van der Waals surface area (Å²) < 4.78 is 9.93. The van der Waals surface area contributed by atoms with Crippen LogP contribution in [0.5, 0.6) is 0 Å². The largest absolute Gasteiger partial charge is 0.469 e. The molecule has 1 aromatic carbocycles. The summed E-state index contributed by atoms with van der Waals surface area (Å²) in [7, 11) is 1.26. The van der Waals surface area contributed by atoms with E-state index in [9.17, 15) is 9.59 Å². The number of nitrogens with one attached hydrogen (secondary N) is 1. The highest BCUT2D eigenvalue weighted by molar-refractivity contribution is 5.91. The molecule has 0 amide bonds. The lowest BCUT2D eigenvalue weighted by atomic mass is 9.90. The van der Waals surface area contributed by atoms with Crippen molar-refractivity contribution < 1.29 is 19.1 Å². The van der Waals surface area contributed by atoms with Gasteiger partial charge in [0.15, 0.2) is 0 Å². The third kappa shape index (κ3) is 3.37. The number of aromatic nitrogens is 1. The van der Waals surface area contributed by atoms with Crippen LogP contribution in [0.15, 0.2) is 35.9 Å². The maximum atomic E-state index is 11.8. The van der Waals surface area contributed by atoms with Crippen LogP contribution in [-0.4, -0.2) is 48.1 Å². The molecule has 0 fully saturated rings. The number of nitrogens with zero attached hydrogens (tertiary/aromatic N) is 1. The van der Waals surface area contributed by atoms with Gasteiger partial charge in [0.2, 0.25) is 0 Å². The Balaban J connectivity index is 1.48. The van der Waals surface area contributed by atoms with Gasteiger partial charge in [-0.1, -0.05) is 24.3 Å². The zero-order chi connectivity index (χ0) is 19.0. The van der Waals surface area contributed by atoms with Gasteiger partial charge in [0.25, 0.3) is 0 Å². The minimum absolute atomic E-state index is 0.336. The fourth-order valence-corrected chi connectivity index (χ4v) is 4.19. The number of aromatic amines is 1. The van der Waals surface area contributed by atoms with Crippen LogP contribution >= 0.6 is 0 Å². The average Bonchev–Trinajstić information content (AvgIpc) is 3.06. The molecule has 2 aromatic rings. The molecule has 0 unspecified atom stereocenters. The third-order valence-electron chi connectivity index (χ3n) is 5.61. The van der Waals surface area contributed by atoms with E-state index >= 15 is 0 Å². The number of H-pyrrole nitrogens is 1. The molecule has 0 aliphatic carbocycles. The van der Waals surface area contributed by atoms with Crippen molar-refractivity contribution in [1.82, 2.24) is 9.88 Å². The van der Waals surface area contributed by atoms with Gasteiger partial charge in [-0.3, -0.25) is 14.5 Å². The lowest BCUT2D eigenvalue weighted by Crippen LogP contribution is -2.40. The first-order valence-corrected chi connectivity index (χ1v) is 9.35. The lowest BCUT2D eigenvalue weighted by molar-refractivity contribution is -0.154. The van der Waals surface area contributed by atoms with Crippen molar-refractivity contribution in [2.75, 3.05) is 20.2 Å². The van der Waals surface area contributed by atoms with Crippen LogP contribution in [0.1, 0.15) is 37.1 Å². The molecular formula is C21H24N2O4. The van der Waals surface area contributed by atoms with Crippen LogP contribution in [0.2, 0.25) is 0 Å². The number of benzene rings is 1. The number of methoxy groups -OCH3 is 1. The molecule has 2 atom stereocenters. The van der Waals surface area contributed by atoms with Crippen molar-refractivity contribution in [3.63, 3.8) is 0 Å². The van der Waals surface area contributed by atoms with Gasteiger partial charge in [-0.15, -0.1) is 0 Å². The van der Waals surface area contributed by atoms with E-state index in [4.69, 9.17) is 4.74 Å². The zero-order valence-electron chi connectivity index (χ0n) is 15.7. The van der Waals surface area contributed by atoms with Crippen LogP contribution in [0.3, 0.4) is 0 Å². The summed E-state index contributed by atoms with van der Waals surface area (Å²) in [6, 6.07) is 8.80. The van der Waals surface area contributed by atoms with Crippen molar-refractivity contribution >= 4 is 22.8 Å². The maximum absolute atomic E-state index is 11.8. The first-order valence-electron chi connectivity index (χ1n) is 9.35.